The maximum absolute atomic E-state index is 9.93. The van der Waals surface area contributed by atoms with E-state index >= 15 is 0 Å². The molecule has 2 saturated heterocycles. The Bertz CT molecular complexity index is 2650. The number of morpholine rings is 2. The fourth-order valence-corrected chi connectivity index (χ4v) is 7.23. The summed E-state index contributed by atoms with van der Waals surface area (Å²) in [6.07, 6.45) is 4.11. The molecule has 4 aromatic carbocycles. The molecule has 0 saturated carbocycles. The van der Waals surface area contributed by atoms with Gasteiger partial charge in [0.25, 0.3) is 0 Å². The van der Waals surface area contributed by atoms with Crippen LogP contribution < -0.4 is 10.2 Å². The van der Waals surface area contributed by atoms with E-state index in [0.29, 0.717) is 34.6 Å². The van der Waals surface area contributed by atoms with Gasteiger partial charge in [0, 0.05) is 37.3 Å². The molecule has 59 heavy (non-hydrogen) atoms. The van der Waals surface area contributed by atoms with Gasteiger partial charge in [-0.05, 0) is 78.3 Å². The monoisotopic (exact) mass is 854 g/mol. The molecule has 2 aliphatic heterocycles. The molecule has 10 rings (SSSR count). The summed E-state index contributed by atoms with van der Waals surface area (Å²) in [7, 11) is 0. The molecule has 6 heterocycles. The van der Waals surface area contributed by atoms with Crippen molar-refractivity contribution in [2.24, 2.45) is 0 Å². The second kappa shape index (κ2) is 18.1. The van der Waals surface area contributed by atoms with Gasteiger partial charge in [-0.1, -0.05) is 60.7 Å². The van der Waals surface area contributed by atoms with Crippen molar-refractivity contribution in [2.75, 3.05) is 44.3 Å². The lowest BCUT2D eigenvalue weighted by Crippen LogP contribution is -2.41. The summed E-state index contributed by atoms with van der Waals surface area (Å²) in [6, 6.07) is 33.6. The second-order valence-electron chi connectivity index (χ2n) is 14.1. The molecule has 0 spiro atoms. The van der Waals surface area contributed by atoms with Crippen LogP contribution >= 0.6 is 15.9 Å². The van der Waals surface area contributed by atoms with Gasteiger partial charge in [-0.3, -0.25) is 0 Å². The predicted octanol–water partition coefficient (Wildman–Crippen LogP) is 7.36. The Kier molecular flexibility index (Phi) is 12.1. The minimum atomic E-state index is 0.127. The van der Waals surface area contributed by atoms with Crippen LogP contribution in [0.1, 0.15) is 13.8 Å². The van der Waals surface area contributed by atoms with E-state index < -0.39 is 0 Å². The highest BCUT2D eigenvalue weighted by Crippen LogP contribution is 2.31. The SMILES string of the molecule is CC1CN(c2nc(-c3cccc(O)c3)nc3c2cnn3-c2ccccc2)CCO1.CC1CNCCO1.Oc1cccc(-c2nc(Br)c3cnn(-c4ccccc4)c3n2)c1. The number of para-hydroxylation sites is 2. The number of phenolic OH excluding ortho intramolecular Hbond substituents is 2. The van der Waals surface area contributed by atoms with Crippen LogP contribution in [0.4, 0.5) is 5.82 Å². The summed E-state index contributed by atoms with van der Waals surface area (Å²) in [5.74, 6) is 2.28. The van der Waals surface area contributed by atoms with Gasteiger partial charge in [0.2, 0.25) is 0 Å². The highest BCUT2D eigenvalue weighted by molar-refractivity contribution is 9.10. The van der Waals surface area contributed by atoms with Gasteiger partial charge >= 0.3 is 0 Å². The van der Waals surface area contributed by atoms with Gasteiger partial charge in [0.15, 0.2) is 22.9 Å². The standard InChI is InChI=1S/C22H21N5O2.C17H11BrN4O.C5H11NO/c1-15-14-26(10-11-29-15)21-19-13-23-27(17-7-3-2-4-8-17)22(19)25-20(24-21)16-6-5-9-18(28)12-16;18-15-14-10-19-22(12-6-2-1-3-7-12)17(14)21-16(20-15)11-5-4-8-13(23)9-11;1-5-4-6-2-3-7-5/h2-9,12-13,15,28H,10-11,14H2,1H3;1-10,23H;5-6H,2-4H2,1H3. The minimum absolute atomic E-state index is 0.127. The largest absolute Gasteiger partial charge is 0.508 e. The van der Waals surface area contributed by atoms with E-state index in [1.54, 1.807) is 47.3 Å². The number of nitrogens with one attached hydrogen (secondary N) is 1. The number of phenols is 2. The minimum Gasteiger partial charge on any atom is -0.508 e. The van der Waals surface area contributed by atoms with Crippen LogP contribution in [0.15, 0.2) is 126 Å². The molecule has 2 unspecified atom stereocenters. The Labute approximate surface area is 349 Å². The van der Waals surface area contributed by atoms with Gasteiger partial charge in [-0.15, -0.1) is 0 Å². The number of benzene rings is 4. The zero-order valence-corrected chi connectivity index (χ0v) is 34.1. The lowest BCUT2D eigenvalue weighted by atomic mass is 10.2. The summed E-state index contributed by atoms with van der Waals surface area (Å²) in [5.41, 5.74) is 4.80. The van der Waals surface area contributed by atoms with Crippen molar-refractivity contribution in [2.45, 2.75) is 26.1 Å². The second-order valence-corrected chi connectivity index (χ2v) is 14.8. The summed E-state index contributed by atoms with van der Waals surface area (Å²) in [6.45, 7) is 9.21. The zero-order valence-electron chi connectivity index (χ0n) is 32.6. The van der Waals surface area contributed by atoms with Gasteiger partial charge in [0.05, 0.1) is 60.0 Å². The van der Waals surface area contributed by atoms with Crippen molar-refractivity contribution >= 4 is 43.8 Å². The van der Waals surface area contributed by atoms with Crippen molar-refractivity contribution < 1.29 is 19.7 Å². The molecule has 0 amide bonds. The van der Waals surface area contributed by atoms with Crippen LogP contribution in [0.25, 0.3) is 56.2 Å². The first kappa shape index (κ1) is 39.6. The fourth-order valence-electron chi connectivity index (χ4n) is 6.78. The number of ether oxygens (including phenoxy) is 2. The maximum Gasteiger partial charge on any atom is 0.169 e. The highest BCUT2D eigenvalue weighted by atomic mass is 79.9. The van der Waals surface area contributed by atoms with E-state index in [9.17, 15) is 10.2 Å². The van der Waals surface area contributed by atoms with E-state index in [1.807, 2.05) is 83.7 Å². The van der Waals surface area contributed by atoms with Crippen LogP contribution in [0.3, 0.4) is 0 Å². The van der Waals surface area contributed by atoms with Crippen molar-refractivity contribution in [1.29, 1.82) is 0 Å². The number of rotatable bonds is 5. The number of hydrogen-bond donors (Lipinski definition) is 3. The lowest BCUT2D eigenvalue weighted by Gasteiger charge is -2.32. The predicted molar refractivity (Wildman–Crippen MR) is 231 cm³/mol. The van der Waals surface area contributed by atoms with Crippen molar-refractivity contribution in [1.82, 2.24) is 44.8 Å². The Hall–Kier alpha value is -6.26. The van der Waals surface area contributed by atoms with Gasteiger partial charge in [0.1, 0.15) is 21.9 Å². The van der Waals surface area contributed by atoms with Gasteiger partial charge in [-0.25, -0.2) is 29.3 Å². The highest BCUT2D eigenvalue weighted by Gasteiger charge is 2.24. The van der Waals surface area contributed by atoms with Gasteiger partial charge < -0.3 is 29.9 Å². The van der Waals surface area contributed by atoms with E-state index in [2.05, 4.69) is 60.2 Å². The summed E-state index contributed by atoms with van der Waals surface area (Å²) in [5, 5.41) is 33.5. The molecule has 2 atom stereocenters. The molecular weight excluding hydrogens is 812 g/mol. The van der Waals surface area contributed by atoms with Crippen molar-refractivity contribution in [3.05, 3.63) is 126 Å². The third-order valence-electron chi connectivity index (χ3n) is 9.65. The number of hydrogen-bond acceptors (Lipinski definition) is 12. The van der Waals surface area contributed by atoms with Crippen LogP contribution in [0.5, 0.6) is 11.5 Å². The molecule has 8 aromatic rings. The molecule has 2 aliphatic rings. The fraction of sp³-hybridized carbons (Fsp3) is 0.227. The maximum atomic E-state index is 9.93. The average Bonchev–Trinajstić information content (AvgIpc) is 3.90. The molecule has 4 aromatic heterocycles. The number of halogens is 1. The molecule has 300 valence electrons. The summed E-state index contributed by atoms with van der Waals surface area (Å²) < 4.78 is 15.2. The average molecular weight is 856 g/mol. The normalized spacial score (nSPS) is 16.6. The van der Waals surface area contributed by atoms with Crippen LogP contribution in [-0.4, -0.2) is 101 Å². The number of aromatic nitrogens is 8. The third kappa shape index (κ3) is 9.23. The number of anilines is 1. The van der Waals surface area contributed by atoms with Crippen LogP contribution in [-0.2, 0) is 9.47 Å². The summed E-state index contributed by atoms with van der Waals surface area (Å²) in [4.78, 5) is 21.0. The van der Waals surface area contributed by atoms with E-state index in [-0.39, 0.29) is 17.6 Å². The Balaban J connectivity index is 0.000000144. The molecule has 0 aliphatic carbocycles. The van der Waals surface area contributed by atoms with E-state index in [4.69, 9.17) is 19.4 Å². The van der Waals surface area contributed by atoms with E-state index in [1.165, 1.54) is 0 Å². The molecule has 15 heteroatoms. The first-order valence-corrected chi connectivity index (χ1v) is 20.2. The number of nitrogens with zero attached hydrogens (tertiary/aromatic N) is 9. The number of aromatic hydroxyl groups is 2. The zero-order chi connectivity index (χ0) is 40.7. The van der Waals surface area contributed by atoms with Crippen molar-refractivity contribution in [3.63, 3.8) is 0 Å². The quantitative estimate of drug-likeness (QED) is 0.148. The topological polar surface area (TPSA) is 161 Å². The molecule has 14 nitrogen and oxygen atoms in total. The summed E-state index contributed by atoms with van der Waals surface area (Å²) >= 11 is 3.48. The molecular formula is C44H43BrN10O4. The molecule has 0 bridgehead atoms. The van der Waals surface area contributed by atoms with Crippen LogP contribution in [0.2, 0.25) is 0 Å². The lowest BCUT2D eigenvalue weighted by molar-refractivity contribution is 0.0410. The third-order valence-corrected chi connectivity index (χ3v) is 10.3. The molecule has 0 radical (unpaired) electrons. The first-order chi connectivity index (χ1) is 28.8. The Morgan fingerprint density at radius 3 is 1.73 bits per heavy atom. The van der Waals surface area contributed by atoms with Crippen molar-refractivity contribution in [3.8, 4) is 45.6 Å². The number of fused-ring (bicyclic) bond motifs is 2. The Morgan fingerprint density at radius 2 is 1.20 bits per heavy atom. The molecule has 3 N–H and O–H groups in total. The van der Waals surface area contributed by atoms with Gasteiger partial charge in [-0.2, -0.15) is 10.2 Å². The first-order valence-electron chi connectivity index (χ1n) is 19.4. The Morgan fingerprint density at radius 1 is 0.644 bits per heavy atom. The van der Waals surface area contributed by atoms with E-state index in [0.717, 1.165) is 77.5 Å². The molecule has 2 fully saturated rings. The smallest absolute Gasteiger partial charge is 0.169 e. The van der Waals surface area contributed by atoms with Crippen LogP contribution in [0, 0.1) is 0 Å².